The zero-order valence-electron chi connectivity index (χ0n) is 12.5. The molecular weight excluding hydrogens is 220 g/mol. The van der Waals surface area contributed by atoms with Crippen LogP contribution in [0.25, 0.3) is 0 Å². The van der Waals surface area contributed by atoms with E-state index in [4.69, 9.17) is 5.73 Å². The maximum atomic E-state index is 6.05. The van der Waals surface area contributed by atoms with Crippen molar-refractivity contribution in [1.82, 2.24) is 4.90 Å². The average Bonchev–Trinajstić information content (AvgIpc) is 2.39. The Labute approximate surface area is 113 Å². The Morgan fingerprint density at radius 1 is 1.17 bits per heavy atom. The zero-order chi connectivity index (χ0) is 13.0. The normalized spacial score (nSPS) is 32.8. The Hall–Kier alpha value is -0.0800. The summed E-state index contributed by atoms with van der Waals surface area (Å²) >= 11 is 0. The summed E-state index contributed by atoms with van der Waals surface area (Å²) in [5.74, 6) is 0.996. The van der Waals surface area contributed by atoms with E-state index in [0.717, 1.165) is 18.5 Å². The van der Waals surface area contributed by atoms with E-state index < -0.39 is 0 Å². The lowest BCUT2D eigenvalue weighted by Gasteiger charge is -2.47. The molecule has 1 heterocycles. The minimum Gasteiger partial charge on any atom is -0.330 e. The van der Waals surface area contributed by atoms with Crippen molar-refractivity contribution >= 4 is 0 Å². The lowest BCUT2D eigenvalue weighted by Crippen LogP contribution is -2.51. The smallest absolute Gasteiger partial charge is 0.0124 e. The molecule has 3 atom stereocenters. The number of fused-ring (bicyclic) bond motifs is 1. The molecule has 1 aliphatic heterocycles. The van der Waals surface area contributed by atoms with Crippen LogP contribution in [0, 0.1) is 11.3 Å². The summed E-state index contributed by atoms with van der Waals surface area (Å²) in [6.07, 6.45) is 11.3. The first-order valence-corrected chi connectivity index (χ1v) is 8.12. The fourth-order valence-electron chi connectivity index (χ4n) is 4.26. The SMILES string of the molecule is CCCC(C)(CN)CN1CCCC2CCCCC21. The summed E-state index contributed by atoms with van der Waals surface area (Å²) in [5, 5.41) is 0. The van der Waals surface area contributed by atoms with Crippen LogP contribution in [-0.4, -0.2) is 30.6 Å². The Balaban J connectivity index is 1.97. The summed E-state index contributed by atoms with van der Waals surface area (Å²) < 4.78 is 0. The fourth-order valence-corrected chi connectivity index (χ4v) is 4.26. The molecule has 2 fully saturated rings. The van der Waals surface area contributed by atoms with Crippen LogP contribution in [-0.2, 0) is 0 Å². The van der Waals surface area contributed by atoms with Crippen LogP contribution in [0.4, 0.5) is 0 Å². The summed E-state index contributed by atoms with van der Waals surface area (Å²) in [7, 11) is 0. The topological polar surface area (TPSA) is 29.3 Å². The quantitative estimate of drug-likeness (QED) is 0.812. The van der Waals surface area contributed by atoms with Crippen molar-refractivity contribution < 1.29 is 0 Å². The van der Waals surface area contributed by atoms with E-state index in [9.17, 15) is 0 Å². The largest absolute Gasteiger partial charge is 0.330 e. The van der Waals surface area contributed by atoms with Gasteiger partial charge in [-0.3, -0.25) is 4.90 Å². The van der Waals surface area contributed by atoms with Crippen LogP contribution in [0.5, 0.6) is 0 Å². The number of nitrogens with two attached hydrogens (primary N) is 1. The van der Waals surface area contributed by atoms with Crippen molar-refractivity contribution in [2.75, 3.05) is 19.6 Å². The first kappa shape index (κ1) is 14.3. The van der Waals surface area contributed by atoms with E-state index in [1.807, 2.05) is 0 Å². The molecule has 2 rings (SSSR count). The second-order valence-corrected chi connectivity index (χ2v) is 6.99. The van der Waals surface area contributed by atoms with E-state index in [0.29, 0.717) is 5.41 Å². The first-order valence-electron chi connectivity index (χ1n) is 8.12. The Morgan fingerprint density at radius 2 is 1.89 bits per heavy atom. The summed E-state index contributed by atoms with van der Waals surface area (Å²) in [6.45, 7) is 8.07. The van der Waals surface area contributed by atoms with E-state index in [1.165, 1.54) is 64.5 Å². The first-order chi connectivity index (χ1) is 8.68. The highest BCUT2D eigenvalue weighted by molar-refractivity contribution is 4.90. The van der Waals surface area contributed by atoms with Gasteiger partial charge < -0.3 is 5.73 Å². The van der Waals surface area contributed by atoms with Gasteiger partial charge in [-0.2, -0.15) is 0 Å². The van der Waals surface area contributed by atoms with Crippen molar-refractivity contribution in [3.05, 3.63) is 0 Å². The molecule has 0 aromatic heterocycles. The standard InChI is InChI=1S/C16H32N2/c1-3-10-16(2,12-17)13-18-11-6-8-14-7-4-5-9-15(14)18/h14-15H,3-13,17H2,1-2H3. The third kappa shape index (κ3) is 3.27. The molecule has 2 heteroatoms. The molecule has 3 unspecified atom stereocenters. The number of hydrogen-bond acceptors (Lipinski definition) is 2. The molecule has 0 aromatic rings. The lowest BCUT2D eigenvalue weighted by atomic mass is 9.76. The lowest BCUT2D eigenvalue weighted by molar-refractivity contribution is 0.0273. The molecule has 2 aliphatic rings. The van der Waals surface area contributed by atoms with Gasteiger partial charge in [0.1, 0.15) is 0 Å². The molecular formula is C16H32N2. The molecule has 1 saturated heterocycles. The van der Waals surface area contributed by atoms with Crippen molar-refractivity contribution in [3.63, 3.8) is 0 Å². The second-order valence-electron chi connectivity index (χ2n) is 6.99. The molecule has 0 bridgehead atoms. The Morgan fingerprint density at radius 3 is 2.61 bits per heavy atom. The van der Waals surface area contributed by atoms with Crippen LogP contribution in [0.15, 0.2) is 0 Å². The summed E-state index contributed by atoms with van der Waals surface area (Å²) in [4.78, 5) is 2.80. The molecule has 0 radical (unpaired) electrons. The minimum atomic E-state index is 0.341. The van der Waals surface area contributed by atoms with Gasteiger partial charge in [-0.05, 0) is 56.5 Å². The van der Waals surface area contributed by atoms with Gasteiger partial charge in [0.15, 0.2) is 0 Å². The van der Waals surface area contributed by atoms with Gasteiger partial charge in [-0.25, -0.2) is 0 Å². The molecule has 1 saturated carbocycles. The van der Waals surface area contributed by atoms with Crippen molar-refractivity contribution in [2.45, 2.75) is 71.3 Å². The number of hydrogen-bond donors (Lipinski definition) is 1. The van der Waals surface area contributed by atoms with Crippen molar-refractivity contribution in [2.24, 2.45) is 17.1 Å². The average molecular weight is 252 g/mol. The number of nitrogens with zero attached hydrogens (tertiary/aromatic N) is 1. The summed E-state index contributed by atoms with van der Waals surface area (Å²) in [5.41, 5.74) is 6.39. The molecule has 2 N–H and O–H groups in total. The maximum Gasteiger partial charge on any atom is 0.0124 e. The zero-order valence-corrected chi connectivity index (χ0v) is 12.5. The van der Waals surface area contributed by atoms with Gasteiger partial charge in [0.05, 0.1) is 0 Å². The molecule has 1 aliphatic carbocycles. The summed E-state index contributed by atoms with van der Waals surface area (Å²) in [6, 6.07) is 0.884. The Bertz CT molecular complexity index is 251. The molecule has 18 heavy (non-hydrogen) atoms. The molecule has 0 amide bonds. The molecule has 0 aromatic carbocycles. The van der Waals surface area contributed by atoms with Crippen LogP contribution in [0.1, 0.15) is 65.2 Å². The van der Waals surface area contributed by atoms with E-state index >= 15 is 0 Å². The number of likely N-dealkylation sites (tertiary alicyclic amines) is 1. The highest BCUT2D eigenvalue weighted by Crippen LogP contribution is 2.37. The van der Waals surface area contributed by atoms with Crippen LogP contribution < -0.4 is 5.73 Å². The molecule has 106 valence electrons. The van der Waals surface area contributed by atoms with Crippen LogP contribution >= 0.6 is 0 Å². The van der Waals surface area contributed by atoms with Gasteiger partial charge in [-0.15, -0.1) is 0 Å². The fraction of sp³-hybridized carbons (Fsp3) is 1.00. The minimum absolute atomic E-state index is 0.341. The maximum absolute atomic E-state index is 6.05. The highest BCUT2D eigenvalue weighted by atomic mass is 15.2. The van der Waals surface area contributed by atoms with E-state index in [1.54, 1.807) is 0 Å². The third-order valence-electron chi connectivity index (χ3n) is 5.29. The van der Waals surface area contributed by atoms with Crippen molar-refractivity contribution in [1.29, 1.82) is 0 Å². The molecule has 2 nitrogen and oxygen atoms in total. The van der Waals surface area contributed by atoms with Gasteiger partial charge in [0, 0.05) is 12.6 Å². The Kier molecular flexibility index (Phi) is 5.08. The van der Waals surface area contributed by atoms with E-state index in [-0.39, 0.29) is 0 Å². The van der Waals surface area contributed by atoms with E-state index in [2.05, 4.69) is 18.7 Å². The van der Waals surface area contributed by atoms with Gasteiger partial charge in [-0.1, -0.05) is 33.1 Å². The van der Waals surface area contributed by atoms with Gasteiger partial charge in [0.2, 0.25) is 0 Å². The highest BCUT2D eigenvalue weighted by Gasteiger charge is 2.36. The number of piperidine rings is 1. The predicted octanol–water partition coefficient (Wildman–Crippen LogP) is 3.41. The van der Waals surface area contributed by atoms with Gasteiger partial charge >= 0.3 is 0 Å². The van der Waals surface area contributed by atoms with Crippen LogP contribution in [0.2, 0.25) is 0 Å². The third-order valence-corrected chi connectivity index (χ3v) is 5.29. The van der Waals surface area contributed by atoms with Gasteiger partial charge in [0.25, 0.3) is 0 Å². The second kappa shape index (κ2) is 6.38. The van der Waals surface area contributed by atoms with Crippen LogP contribution in [0.3, 0.4) is 0 Å². The number of rotatable bonds is 5. The van der Waals surface area contributed by atoms with Crippen molar-refractivity contribution in [3.8, 4) is 0 Å². The monoisotopic (exact) mass is 252 g/mol. The predicted molar refractivity (Wildman–Crippen MR) is 78.6 cm³/mol. The molecule has 0 spiro atoms.